The van der Waals surface area contributed by atoms with Gasteiger partial charge in [0.2, 0.25) is 0 Å². The van der Waals surface area contributed by atoms with Gasteiger partial charge >= 0.3 is 5.97 Å². The monoisotopic (exact) mass is 305 g/mol. The molecule has 0 saturated heterocycles. The highest BCUT2D eigenvalue weighted by atomic mass is 32.2. The molecule has 0 spiro atoms. The van der Waals surface area contributed by atoms with Crippen LogP contribution in [0.5, 0.6) is 11.5 Å². The summed E-state index contributed by atoms with van der Waals surface area (Å²) in [5, 5.41) is 9.20. The first-order valence-corrected chi connectivity index (χ1v) is 7.40. The molecular formula is C15H15NO4S. The number of hydrogen-bond acceptors (Lipinski definition) is 6. The highest BCUT2D eigenvalue weighted by molar-refractivity contribution is 7.98. The molecule has 0 amide bonds. The normalized spacial score (nSPS) is 10.2. The van der Waals surface area contributed by atoms with E-state index in [1.54, 1.807) is 17.8 Å². The minimum absolute atomic E-state index is 0.0970. The van der Waals surface area contributed by atoms with E-state index in [1.807, 2.05) is 30.5 Å². The van der Waals surface area contributed by atoms with Crippen LogP contribution in [0.25, 0.3) is 0 Å². The number of aliphatic hydroxyl groups excluding tert-OH is 1. The van der Waals surface area contributed by atoms with Gasteiger partial charge in [0.05, 0.1) is 19.4 Å². The molecule has 2 rings (SSSR count). The summed E-state index contributed by atoms with van der Waals surface area (Å²) < 4.78 is 10.3. The summed E-state index contributed by atoms with van der Waals surface area (Å²) in [5.74, 6) is 0.484. The van der Waals surface area contributed by atoms with Crippen LogP contribution in [-0.4, -0.2) is 29.4 Å². The van der Waals surface area contributed by atoms with Crippen molar-refractivity contribution in [2.75, 3.05) is 13.4 Å². The number of pyridine rings is 1. The Hall–Kier alpha value is -2.05. The number of carbonyl (C=O) groups is 1. The van der Waals surface area contributed by atoms with E-state index in [0.717, 1.165) is 4.90 Å². The zero-order valence-electron chi connectivity index (χ0n) is 11.7. The van der Waals surface area contributed by atoms with Crippen LogP contribution in [-0.2, 0) is 11.3 Å². The number of methoxy groups -OCH3 is 1. The minimum Gasteiger partial charge on any atom is -0.464 e. The molecule has 1 heterocycles. The maximum absolute atomic E-state index is 11.5. The van der Waals surface area contributed by atoms with Crippen LogP contribution in [0.1, 0.15) is 16.2 Å². The van der Waals surface area contributed by atoms with E-state index in [1.165, 1.54) is 13.2 Å². The molecule has 0 aliphatic heterocycles. The number of hydrogen-bond donors (Lipinski definition) is 1. The van der Waals surface area contributed by atoms with E-state index in [-0.39, 0.29) is 12.3 Å². The highest BCUT2D eigenvalue weighted by Gasteiger charge is 2.11. The Labute approximate surface area is 126 Å². The molecule has 0 unspecified atom stereocenters. The van der Waals surface area contributed by atoms with Crippen LogP contribution < -0.4 is 4.74 Å². The number of carbonyl (C=O) groups excluding carboxylic acids is 1. The van der Waals surface area contributed by atoms with Crippen molar-refractivity contribution in [1.82, 2.24) is 4.98 Å². The van der Waals surface area contributed by atoms with E-state index in [2.05, 4.69) is 9.72 Å². The molecular weight excluding hydrogens is 290 g/mol. The lowest BCUT2D eigenvalue weighted by molar-refractivity contribution is 0.0593. The number of benzene rings is 1. The fourth-order valence-electron chi connectivity index (χ4n) is 1.69. The number of esters is 1. The van der Waals surface area contributed by atoms with Crippen molar-refractivity contribution in [3.63, 3.8) is 0 Å². The predicted octanol–water partition coefficient (Wildman–Crippen LogP) is 2.87. The number of nitrogens with zero attached hydrogens (tertiary/aromatic N) is 1. The average Bonchev–Trinajstić information content (AvgIpc) is 2.54. The lowest BCUT2D eigenvalue weighted by atomic mass is 10.2. The molecule has 0 aliphatic rings. The summed E-state index contributed by atoms with van der Waals surface area (Å²) in [7, 11) is 1.28. The fourth-order valence-corrected chi connectivity index (χ4v) is 2.10. The van der Waals surface area contributed by atoms with Crippen molar-refractivity contribution in [2.24, 2.45) is 0 Å². The Kier molecular flexibility index (Phi) is 5.19. The molecule has 1 N–H and O–H groups in total. The maximum Gasteiger partial charge on any atom is 0.356 e. The molecule has 0 bridgehead atoms. The number of ether oxygens (including phenoxy) is 2. The van der Waals surface area contributed by atoms with E-state index in [4.69, 9.17) is 4.74 Å². The van der Waals surface area contributed by atoms with Crippen LogP contribution in [0.4, 0.5) is 0 Å². The molecule has 0 aliphatic carbocycles. The Morgan fingerprint density at radius 2 is 1.95 bits per heavy atom. The van der Waals surface area contributed by atoms with E-state index >= 15 is 0 Å². The molecule has 0 saturated carbocycles. The van der Waals surface area contributed by atoms with Gasteiger partial charge in [0.25, 0.3) is 0 Å². The molecule has 0 radical (unpaired) electrons. The molecule has 1 aromatic carbocycles. The zero-order valence-corrected chi connectivity index (χ0v) is 12.5. The van der Waals surface area contributed by atoms with Crippen LogP contribution >= 0.6 is 11.8 Å². The van der Waals surface area contributed by atoms with Gasteiger partial charge in [-0.25, -0.2) is 9.78 Å². The van der Waals surface area contributed by atoms with E-state index < -0.39 is 5.97 Å². The van der Waals surface area contributed by atoms with Gasteiger partial charge in [-0.2, -0.15) is 0 Å². The van der Waals surface area contributed by atoms with Crippen LogP contribution in [0.3, 0.4) is 0 Å². The second kappa shape index (κ2) is 7.10. The van der Waals surface area contributed by atoms with E-state index in [9.17, 15) is 9.90 Å². The third kappa shape index (κ3) is 3.96. The predicted molar refractivity (Wildman–Crippen MR) is 79.8 cm³/mol. The van der Waals surface area contributed by atoms with E-state index in [0.29, 0.717) is 17.2 Å². The van der Waals surface area contributed by atoms with Gasteiger partial charge in [-0.1, -0.05) is 0 Å². The van der Waals surface area contributed by atoms with Gasteiger partial charge < -0.3 is 14.6 Å². The molecule has 6 heteroatoms. The SMILES string of the molecule is COC(=O)c1cc(Oc2ccc(SC)cc2)cc(CO)n1. The fraction of sp³-hybridized carbons (Fsp3) is 0.200. The van der Waals surface area contributed by atoms with Crippen molar-refractivity contribution in [3.05, 3.63) is 47.8 Å². The van der Waals surface area contributed by atoms with Crippen LogP contribution in [0.15, 0.2) is 41.3 Å². The van der Waals surface area contributed by atoms with Crippen molar-refractivity contribution in [1.29, 1.82) is 0 Å². The van der Waals surface area contributed by atoms with Gasteiger partial charge in [-0.15, -0.1) is 11.8 Å². The first-order chi connectivity index (χ1) is 10.2. The Balaban J connectivity index is 2.27. The standard InChI is InChI=1S/C15H15NO4S/c1-19-15(18)14-8-12(7-10(9-17)16-14)20-11-3-5-13(21-2)6-4-11/h3-8,17H,9H2,1-2H3. The first kappa shape index (κ1) is 15.3. The number of aromatic nitrogens is 1. The van der Waals surface area contributed by atoms with Gasteiger partial charge in [-0.3, -0.25) is 0 Å². The van der Waals surface area contributed by atoms with Crippen molar-refractivity contribution < 1.29 is 19.4 Å². The molecule has 5 nitrogen and oxygen atoms in total. The van der Waals surface area contributed by atoms with Crippen LogP contribution in [0.2, 0.25) is 0 Å². The first-order valence-electron chi connectivity index (χ1n) is 6.18. The Morgan fingerprint density at radius 1 is 1.24 bits per heavy atom. The summed E-state index contributed by atoms with van der Waals surface area (Å²) in [6.45, 7) is -0.285. The number of rotatable bonds is 5. The smallest absolute Gasteiger partial charge is 0.356 e. The number of aliphatic hydroxyl groups is 1. The highest BCUT2D eigenvalue weighted by Crippen LogP contribution is 2.25. The zero-order chi connectivity index (χ0) is 15.2. The summed E-state index contributed by atoms with van der Waals surface area (Å²) in [4.78, 5) is 16.7. The summed E-state index contributed by atoms with van der Waals surface area (Å²) in [6.07, 6.45) is 1.99. The summed E-state index contributed by atoms with van der Waals surface area (Å²) in [6, 6.07) is 10.6. The quantitative estimate of drug-likeness (QED) is 0.676. The van der Waals surface area contributed by atoms with Gasteiger partial charge in [0.1, 0.15) is 11.5 Å². The van der Waals surface area contributed by atoms with Gasteiger partial charge in [-0.05, 0) is 30.5 Å². The molecule has 2 aromatic rings. The largest absolute Gasteiger partial charge is 0.464 e. The third-order valence-electron chi connectivity index (χ3n) is 2.70. The Bertz CT molecular complexity index is 628. The maximum atomic E-state index is 11.5. The molecule has 1 aromatic heterocycles. The van der Waals surface area contributed by atoms with Gasteiger partial charge in [0, 0.05) is 17.0 Å². The minimum atomic E-state index is -0.576. The summed E-state index contributed by atoms with van der Waals surface area (Å²) >= 11 is 1.64. The molecule has 110 valence electrons. The second-order valence-corrected chi connectivity index (χ2v) is 4.99. The van der Waals surface area contributed by atoms with Crippen molar-refractivity contribution >= 4 is 17.7 Å². The topological polar surface area (TPSA) is 68.7 Å². The lowest BCUT2D eigenvalue weighted by Gasteiger charge is -2.09. The number of thioether (sulfide) groups is 1. The third-order valence-corrected chi connectivity index (χ3v) is 3.45. The van der Waals surface area contributed by atoms with Crippen LogP contribution in [0, 0.1) is 0 Å². The lowest BCUT2D eigenvalue weighted by Crippen LogP contribution is -2.06. The molecule has 0 fully saturated rings. The second-order valence-electron chi connectivity index (χ2n) is 4.11. The molecule has 0 atom stereocenters. The summed E-state index contributed by atoms with van der Waals surface area (Å²) in [5.41, 5.74) is 0.438. The van der Waals surface area contributed by atoms with Crippen molar-refractivity contribution in [3.8, 4) is 11.5 Å². The van der Waals surface area contributed by atoms with Crippen molar-refractivity contribution in [2.45, 2.75) is 11.5 Å². The average molecular weight is 305 g/mol. The Morgan fingerprint density at radius 3 is 2.52 bits per heavy atom. The van der Waals surface area contributed by atoms with Gasteiger partial charge in [0.15, 0.2) is 5.69 Å². The molecule has 21 heavy (non-hydrogen) atoms.